The molecule has 22 heavy (non-hydrogen) atoms. The van der Waals surface area contributed by atoms with Crippen molar-refractivity contribution in [2.45, 2.75) is 40.0 Å². The zero-order chi connectivity index (χ0) is 16.2. The van der Waals surface area contributed by atoms with Gasteiger partial charge in [-0.25, -0.2) is 12.4 Å². The van der Waals surface area contributed by atoms with Crippen molar-refractivity contribution in [3.8, 4) is 0 Å². The Kier molecular flexibility index (Phi) is 5.24. The van der Waals surface area contributed by atoms with Crippen LogP contribution in [0.4, 0.5) is 0 Å². The topological polar surface area (TPSA) is 39.1 Å². The summed E-state index contributed by atoms with van der Waals surface area (Å²) < 4.78 is 26.5. The van der Waals surface area contributed by atoms with E-state index >= 15 is 0 Å². The first kappa shape index (κ1) is 16.6. The van der Waals surface area contributed by atoms with Gasteiger partial charge in [-0.2, -0.15) is 0 Å². The SMILES string of the molecule is CCC.CCc1cccc2c1ccn2S(=O)(=O)C1=CC=CC1. The zero-order valence-electron chi connectivity index (χ0n) is 13.4. The highest BCUT2D eigenvalue weighted by atomic mass is 32.2. The van der Waals surface area contributed by atoms with Gasteiger partial charge >= 0.3 is 0 Å². The summed E-state index contributed by atoms with van der Waals surface area (Å²) in [4.78, 5) is 0.451. The molecule has 0 N–H and O–H groups in total. The van der Waals surface area contributed by atoms with E-state index in [9.17, 15) is 8.42 Å². The Balaban J connectivity index is 0.000000545. The first-order chi connectivity index (χ1) is 10.6. The molecule has 0 aliphatic heterocycles. The van der Waals surface area contributed by atoms with Gasteiger partial charge in [0.15, 0.2) is 0 Å². The van der Waals surface area contributed by atoms with Crippen molar-refractivity contribution in [2.75, 3.05) is 0 Å². The number of hydrogen-bond acceptors (Lipinski definition) is 2. The summed E-state index contributed by atoms with van der Waals surface area (Å²) >= 11 is 0. The van der Waals surface area contributed by atoms with Gasteiger partial charge in [-0.1, -0.05) is 51.5 Å². The molecule has 0 atom stereocenters. The highest BCUT2D eigenvalue weighted by Crippen LogP contribution is 2.27. The van der Waals surface area contributed by atoms with Crippen LogP contribution < -0.4 is 0 Å². The van der Waals surface area contributed by atoms with Gasteiger partial charge < -0.3 is 0 Å². The fourth-order valence-electron chi connectivity index (χ4n) is 2.47. The Morgan fingerprint density at radius 3 is 2.45 bits per heavy atom. The van der Waals surface area contributed by atoms with Crippen LogP contribution in [0, 0.1) is 0 Å². The number of nitrogens with zero attached hydrogens (tertiary/aromatic N) is 1. The average molecular weight is 317 g/mol. The van der Waals surface area contributed by atoms with E-state index in [4.69, 9.17) is 0 Å². The second-order valence-corrected chi connectivity index (χ2v) is 7.16. The molecule has 0 unspecified atom stereocenters. The van der Waals surface area contributed by atoms with E-state index in [0.717, 1.165) is 17.3 Å². The monoisotopic (exact) mass is 317 g/mol. The zero-order valence-corrected chi connectivity index (χ0v) is 14.2. The third kappa shape index (κ3) is 3.02. The Morgan fingerprint density at radius 1 is 1.14 bits per heavy atom. The van der Waals surface area contributed by atoms with E-state index in [1.807, 2.05) is 30.3 Å². The molecule has 0 spiro atoms. The van der Waals surface area contributed by atoms with Gasteiger partial charge in [0.1, 0.15) is 0 Å². The van der Waals surface area contributed by atoms with Crippen molar-refractivity contribution < 1.29 is 8.42 Å². The van der Waals surface area contributed by atoms with Crippen molar-refractivity contribution in [3.05, 3.63) is 59.2 Å². The lowest BCUT2D eigenvalue weighted by Gasteiger charge is -2.08. The Morgan fingerprint density at radius 2 is 1.86 bits per heavy atom. The van der Waals surface area contributed by atoms with Crippen LogP contribution in [0.1, 0.15) is 39.2 Å². The Hall–Kier alpha value is -1.81. The molecule has 2 aromatic rings. The molecule has 1 aromatic heterocycles. The van der Waals surface area contributed by atoms with E-state index in [0.29, 0.717) is 11.3 Å². The Labute approximate surface area is 133 Å². The third-order valence-corrected chi connectivity index (χ3v) is 5.30. The lowest BCUT2D eigenvalue weighted by atomic mass is 10.1. The smallest absolute Gasteiger partial charge is 0.241 e. The van der Waals surface area contributed by atoms with E-state index < -0.39 is 10.0 Å². The minimum Gasteiger partial charge on any atom is -0.241 e. The van der Waals surface area contributed by atoms with Crippen LogP contribution in [0.2, 0.25) is 0 Å². The minimum absolute atomic E-state index is 0.451. The summed E-state index contributed by atoms with van der Waals surface area (Å²) in [7, 11) is -3.43. The number of fused-ring (bicyclic) bond motifs is 1. The van der Waals surface area contributed by atoms with Gasteiger partial charge in [0, 0.05) is 18.0 Å². The number of aryl methyl sites for hydroxylation is 1. The lowest BCUT2D eigenvalue weighted by molar-refractivity contribution is 0.594. The van der Waals surface area contributed by atoms with Crippen LogP contribution >= 0.6 is 0 Å². The minimum atomic E-state index is -3.43. The summed E-state index contributed by atoms with van der Waals surface area (Å²) in [5.74, 6) is 0. The van der Waals surface area contributed by atoms with E-state index in [2.05, 4.69) is 20.8 Å². The molecule has 1 aliphatic rings. The van der Waals surface area contributed by atoms with Crippen LogP contribution in [0.3, 0.4) is 0 Å². The van der Waals surface area contributed by atoms with Crippen molar-refractivity contribution in [2.24, 2.45) is 0 Å². The molecule has 0 saturated heterocycles. The predicted molar refractivity (Wildman–Crippen MR) is 93.4 cm³/mol. The summed E-state index contributed by atoms with van der Waals surface area (Å²) in [5, 5.41) is 1.01. The van der Waals surface area contributed by atoms with Gasteiger partial charge in [0.25, 0.3) is 10.0 Å². The molecule has 0 saturated carbocycles. The maximum absolute atomic E-state index is 12.6. The van der Waals surface area contributed by atoms with Gasteiger partial charge in [-0.05, 0) is 30.2 Å². The maximum Gasteiger partial charge on any atom is 0.264 e. The Bertz CT molecular complexity index is 811. The van der Waals surface area contributed by atoms with Crippen LogP contribution in [0.5, 0.6) is 0 Å². The van der Waals surface area contributed by atoms with Crippen LogP contribution in [0.15, 0.2) is 53.6 Å². The van der Waals surface area contributed by atoms with Crippen molar-refractivity contribution in [1.29, 1.82) is 0 Å². The van der Waals surface area contributed by atoms with Gasteiger partial charge in [0.05, 0.1) is 10.4 Å². The fourth-order valence-corrected chi connectivity index (χ4v) is 3.92. The van der Waals surface area contributed by atoms with Crippen LogP contribution in [-0.4, -0.2) is 12.4 Å². The molecule has 1 aromatic carbocycles. The first-order valence-electron chi connectivity index (χ1n) is 7.76. The highest BCUT2D eigenvalue weighted by Gasteiger charge is 2.22. The standard InChI is InChI=1S/C15H15NO2S.C3H8/c1-2-12-6-5-9-15-14(12)10-11-16(15)19(17,18)13-7-3-4-8-13;1-3-2/h3-7,9-11H,2,8H2,1H3;3H2,1-2H3. The van der Waals surface area contributed by atoms with Crippen molar-refractivity contribution >= 4 is 20.9 Å². The quantitative estimate of drug-likeness (QED) is 0.827. The predicted octanol–water partition coefficient (Wildman–Crippen LogP) is 4.64. The number of aromatic nitrogens is 1. The van der Waals surface area contributed by atoms with Crippen LogP contribution in [0.25, 0.3) is 10.9 Å². The van der Waals surface area contributed by atoms with Gasteiger partial charge in [-0.3, -0.25) is 0 Å². The third-order valence-electron chi connectivity index (χ3n) is 3.50. The second kappa shape index (κ2) is 6.97. The molecule has 118 valence electrons. The van der Waals surface area contributed by atoms with E-state index in [1.165, 1.54) is 16.0 Å². The molecule has 0 fully saturated rings. The fraction of sp³-hybridized carbons (Fsp3) is 0.333. The first-order valence-corrected chi connectivity index (χ1v) is 9.20. The van der Waals surface area contributed by atoms with E-state index in [1.54, 1.807) is 18.3 Å². The molecular weight excluding hydrogens is 294 g/mol. The summed E-state index contributed by atoms with van der Waals surface area (Å²) in [6, 6.07) is 7.69. The molecule has 1 heterocycles. The number of rotatable bonds is 3. The van der Waals surface area contributed by atoms with Crippen molar-refractivity contribution in [1.82, 2.24) is 3.97 Å². The molecule has 3 nitrogen and oxygen atoms in total. The number of allylic oxidation sites excluding steroid dienone is 4. The largest absolute Gasteiger partial charge is 0.264 e. The molecular formula is C18H23NO2S. The molecule has 4 heteroatoms. The number of benzene rings is 1. The molecule has 3 rings (SSSR count). The molecule has 0 radical (unpaired) electrons. The van der Waals surface area contributed by atoms with Crippen LogP contribution in [-0.2, 0) is 16.4 Å². The van der Waals surface area contributed by atoms with Gasteiger partial charge in [0.2, 0.25) is 0 Å². The average Bonchev–Trinajstić information content (AvgIpc) is 3.17. The number of hydrogen-bond donors (Lipinski definition) is 0. The second-order valence-electron chi connectivity index (χ2n) is 5.29. The summed E-state index contributed by atoms with van der Waals surface area (Å²) in [5.41, 5.74) is 1.93. The molecule has 1 aliphatic carbocycles. The lowest BCUT2D eigenvalue weighted by Crippen LogP contribution is -2.12. The maximum atomic E-state index is 12.6. The van der Waals surface area contributed by atoms with E-state index in [-0.39, 0.29) is 0 Å². The normalized spacial score (nSPS) is 13.9. The van der Waals surface area contributed by atoms with Gasteiger partial charge in [-0.15, -0.1) is 0 Å². The van der Waals surface area contributed by atoms with Crippen molar-refractivity contribution in [3.63, 3.8) is 0 Å². The highest BCUT2D eigenvalue weighted by molar-refractivity contribution is 7.94. The summed E-state index contributed by atoms with van der Waals surface area (Å²) in [6.07, 6.45) is 9.59. The molecule has 0 amide bonds. The summed E-state index contributed by atoms with van der Waals surface area (Å²) in [6.45, 7) is 6.32. The molecule has 0 bridgehead atoms.